The predicted molar refractivity (Wildman–Crippen MR) is 114 cm³/mol. The van der Waals surface area contributed by atoms with E-state index in [1.165, 1.54) is 0 Å². The molecule has 146 valence electrons. The van der Waals surface area contributed by atoms with Gasteiger partial charge in [-0.1, -0.05) is 25.5 Å². The number of fused-ring (bicyclic) bond motifs is 1. The molecule has 2 aromatic heterocycles. The molecular formula is C22H25N3O2S. The highest BCUT2D eigenvalue weighted by atomic mass is 32.1. The highest BCUT2D eigenvalue weighted by Crippen LogP contribution is 2.40. The van der Waals surface area contributed by atoms with Crippen molar-refractivity contribution in [2.45, 2.75) is 53.0 Å². The van der Waals surface area contributed by atoms with Crippen LogP contribution in [0, 0.1) is 25.2 Å². The Morgan fingerprint density at radius 1 is 1.32 bits per heavy atom. The summed E-state index contributed by atoms with van der Waals surface area (Å²) < 4.78 is 7.33. The second kappa shape index (κ2) is 8.15. The summed E-state index contributed by atoms with van der Waals surface area (Å²) in [5, 5.41) is 9.52. The smallest absolute Gasteiger partial charge is 0.262 e. The van der Waals surface area contributed by atoms with Crippen LogP contribution in [-0.4, -0.2) is 16.7 Å². The van der Waals surface area contributed by atoms with Gasteiger partial charge in [0.15, 0.2) is 0 Å². The van der Waals surface area contributed by atoms with Gasteiger partial charge < -0.3 is 4.74 Å². The van der Waals surface area contributed by atoms with E-state index < -0.39 is 0 Å². The lowest BCUT2D eigenvalue weighted by Crippen LogP contribution is -2.26. The first-order valence-electron chi connectivity index (χ1n) is 9.44. The van der Waals surface area contributed by atoms with Crippen LogP contribution >= 0.6 is 11.3 Å². The van der Waals surface area contributed by atoms with Gasteiger partial charge in [-0.2, -0.15) is 5.26 Å². The van der Waals surface area contributed by atoms with Crippen molar-refractivity contribution >= 4 is 21.6 Å². The number of nitrogens with zero attached hydrogens (tertiary/aromatic N) is 3. The lowest BCUT2D eigenvalue weighted by molar-refractivity contribution is 0.416. The molecule has 0 radical (unpaired) electrons. The third-order valence-electron chi connectivity index (χ3n) is 4.83. The maximum absolute atomic E-state index is 13.5. The molecule has 0 N–H and O–H groups in total. The Bertz CT molecular complexity index is 1120. The highest BCUT2D eigenvalue weighted by molar-refractivity contribution is 7.19. The number of benzene rings is 1. The molecule has 1 aromatic carbocycles. The quantitative estimate of drug-likeness (QED) is 0.540. The summed E-state index contributed by atoms with van der Waals surface area (Å²) in [7, 11) is 1.65. The summed E-state index contributed by atoms with van der Waals surface area (Å²) in [6.07, 6.45) is 1.05. The fourth-order valence-corrected chi connectivity index (χ4v) is 4.56. The van der Waals surface area contributed by atoms with Crippen LogP contribution in [0.25, 0.3) is 21.3 Å². The number of hydrogen-bond acceptors (Lipinski definition) is 5. The van der Waals surface area contributed by atoms with Gasteiger partial charge >= 0.3 is 0 Å². The number of aryl methyl sites for hydroxylation is 2. The van der Waals surface area contributed by atoms with Crippen molar-refractivity contribution in [2.24, 2.45) is 0 Å². The third kappa shape index (κ3) is 3.55. The topological polar surface area (TPSA) is 67.9 Å². The van der Waals surface area contributed by atoms with Gasteiger partial charge in [0.25, 0.3) is 5.56 Å². The van der Waals surface area contributed by atoms with E-state index in [2.05, 4.69) is 12.1 Å². The molecule has 0 aliphatic carbocycles. The monoisotopic (exact) mass is 395 g/mol. The van der Waals surface area contributed by atoms with Gasteiger partial charge in [0.1, 0.15) is 16.4 Å². The molecule has 3 aromatic rings. The third-order valence-corrected chi connectivity index (χ3v) is 5.83. The van der Waals surface area contributed by atoms with Crippen LogP contribution in [0.1, 0.15) is 48.9 Å². The van der Waals surface area contributed by atoms with Gasteiger partial charge in [-0.05, 0) is 32.4 Å². The summed E-state index contributed by atoms with van der Waals surface area (Å²) in [5.74, 6) is 1.65. The van der Waals surface area contributed by atoms with E-state index in [1.54, 1.807) is 23.0 Å². The van der Waals surface area contributed by atoms with E-state index in [1.807, 2.05) is 39.8 Å². The molecule has 0 saturated carbocycles. The second-order valence-electron chi connectivity index (χ2n) is 7.26. The average molecular weight is 396 g/mol. The number of ether oxygens (including phenoxy) is 1. The van der Waals surface area contributed by atoms with Crippen LogP contribution in [0.15, 0.2) is 23.0 Å². The number of thiophene rings is 1. The molecular weight excluding hydrogens is 370 g/mol. The molecule has 0 atom stereocenters. The zero-order valence-corrected chi connectivity index (χ0v) is 17.8. The van der Waals surface area contributed by atoms with Gasteiger partial charge in [-0.3, -0.25) is 9.36 Å². The number of nitriles is 1. The van der Waals surface area contributed by atoms with E-state index in [0.717, 1.165) is 38.0 Å². The Morgan fingerprint density at radius 2 is 2.07 bits per heavy atom. The Labute approximate surface area is 169 Å². The molecule has 28 heavy (non-hydrogen) atoms. The van der Waals surface area contributed by atoms with E-state index in [9.17, 15) is 4.79 Å². The van der Waals surface area contributed by atoms with Crippen LogP contribution in [0.2, 0.25) is 0 Å². The number of methoxy groups -OCH3 is 1. The first kappa shape index (κ1) is 20.1. The fraction of sp³-hybridized carbons (Fsp3) is 0.409. The fourth-order valence-electron chi connectivity index (χ4n) is 3.53. The first-order chi connectivity index (χ1) is 13.4. The molecule has 2 heterocycles. The van der Waals surface area contributed by atoms with E-state index >= 15 is 0 Å². The van der Waals surface area contributed by atoms with Crippen molar-refractivity contribution < 1.29 is 4.74 Å². The normalized spacial score (nSPS) is 11.2. The summed E-state index contributed by atoms with van der Waals surface area (Å²) >= 11 is 1.55. The molecule has 0 saturated heterocycles. The van der Waals surface area contributed by atoms with Crippen molar-refractivity contribution in [1.82, 2.24) is 9.55 Å². The van der Waals surface area contributed by atoms with Crippen LogP contribution in [-0.2, 0) is 6.54 Å². The van der Waals surface area contributed by atoms with Gasteiger partial charge in [0.2, 0.25) is 0 Å². The number of aromatic nitrogens is 2. The summed E-state index contributed by atoms with van der Waals surface area (Å²) in [4.78, 5) is 20.2. The SMILES string of the molecule is COc1ccc(C)cc1-c1c(C)sc2nc(C(C)C)n(CCCC#N)c(=O)c12. The Morgan fingerprint density at radius 3 is 2.71 bits per heavy atom. The maximum Gasteiger partial charge on any atom is 0.262 e. The van der Waals surface area contributed by atoms with Crippen LogP contribution in [0.3, 0.4) is 0 Å². The molecule has 0 unspecified atom stereocenters. The standard InChI is InChI=1S/C22H25N3O2S/c1-13(2)20-24-21-19(22(26)25(20)11-7-6-10-23)18(15(4)28-21)16-12-14(3)8-9-17(16)27-5/h8-9,12-13H,6-7,11H2,1-5H3. The number of rotatable bonds is 6. The zero-order chi connectivity index (χ0) is 20.4. The molecule has 0 spiro atoms. The second-order valence-corrected chi connectivity index (χ2v) is 8.46. The van der Waals surface area contributed by atoms with Gasteiger partial charge in [-0.25, -0.2) is 4.98 Å². The van der Waals surface area contributed by atoms with E-state index in [-0.39, 0.29) is 11.5 Å². The first-order valence-corrected chi connectivity index (χ1v) is 10.3. The molecule has 0 bridgehead atoms. The Hall–Kier alpha value is -2.65. The minimum atomic E-state index is -0.0328. The molecule has 0 aliphatic heterocycles. The van der Waals surface area contributed by atoms with Gasteiger partial charge in [0.05, 0.1) is 18.6 Å². The number of hydrogen-bond donors (Lipinski definition) is 0. The largest absolute Gasteiger partial charge is 0.496 e. The number of unbranched alkanes of at least 4 members (excludes halogenated alkanes) is 1. The maximum atomic E-state index is 13.5. The van der Waals surface area contributed by atoms with Crippen molar-refractivity contribution in [2.75, 3.05) is 7.11 Å². The van der Waals surface area contributed by atoms with Crippen molar-refractivity contribution in [3.63, 3.8) is 0 Å². The van der Waals surface area contributed by atoms with Crippen molar-refractivity contribution in [3.05, 3.63) is 44.8 Å². The molecule has 0 amide bonds. The highest BCUT2D eigenvalue weighted by Gasteiger charge is 2.22. The molecule has 0 aliphatic rings. The zero-order valence-electron chi connectivity index (χ0n) is 17.0. The van der Waals surface area contributed by atoms with Crippen LogP contribution < -0.4 is 10.3 Å². The van der Waals surface area contributed by atoms with Gasteiger partial charge in [0, 0.05) is 34.9 Å². The van der Waals surface area contributed by atoms with E-state index in [0.29, 0.717) is 24.8 Å². The minimum absolute atomic E-state index is 0.0328. The Balaban J connectivity index is 2.34. The Kier molecular flexibility index (Phi) is 5.85. The van der Waals surface area contributed by atoms with Crippen LogP contribution in [0.4, 0.5) is 0 Å². The average Bonchev–Trinajstić information content (AvgIpc) is 2.99. The minimum Gasteiger partial charge on any atom is -0.496 e. The van der Waals surface area contributed by atoms with Crippen molar-refractivity contribution in [1.29, 1.82) is 5.26 Å². The molecule has 6 heteroatoms. The lowest BCUT2D eigenvalue weighted by Gasteiger charge is -2.15. The summed E-state index contributed by atoms with van der Waals surface area (Å²) in [5.41, 5.74) is 2.90. The lowest BCUT2D eigenvalue weighted by atomic mass is 10.0. The predicted octanol–water partition coefficient (Wildman–Crippen LogP) is 5.18. The molecule has 0 fully saturated rings. The summed E-state index contributed by atoms with van der Waals surface area (Å²) in [6, 6.07) is 8.16. The van der Waals surface area contributed by atoms with Gasteiger partial charge in [-0.15, -0.1) is 11.3 Å². The van der Waals surface area contributed by atoms with Crippen molar-refractivity contribution in [3.8, 4) is 22.9 Å². The van der Waals surface area contributed by atoms with Crippen LogP contribution in [0.5, 0.6) is 5.75 Å². The summed E-state index contributed by atoms with van der Waals surface area (Å²) in [6.45, 7) is 8.64. The van der Waals surface area contributed by atoms with E-state index in [4.69, 9.17) is 15.0 Å². The molecule has 5 nitrogen and oxygen atoms in total. The molecule has 3 rings (SSSR count).